The number of amides is 2. The van der Waals surface area contributed by atoms with E-state index in [1.54, 1.807) is 25.1 Å². The largest absolute Gasteiger partial charge is 0.480 e. The minimum atomic E-state index is -1.22. The first kappa shape index (κ1) is 23.6. The molecular formula is C28H24N2O5. The molecule has 3 aromatic rings. The number of fused-ring (bicyclic) bond motifs is 3. The van der Waals surface area contributed by atoms with Crippen LogP contribution in [0.15, 0.2) is 66.7 Å². The predicted octanol–water partition coefficient (Wildman–Crippen LogP) is 4.56. The Morgan fingerprint density at radius 3 is 2.23 bits per heavy atom. The van der Waals surface area contributed by atoms with Gasteiger partial charge in [0.2, 0.25) is 0 Å². The molecule has 0 bridgehead atoms. The second-order valence-corrected chi connectivity index (χ2v) is 8.20. The van der Waals surface area contributed by atoms with Crippen LogP contribution in [0.25, 0.3) is 11.1 Å². The van der Waals surface area contributed by atoms with Gasteiger partial charge in [0.25, 0.3) is 5.91 Å². The molecule has 0 saturated carbocycles. The molecule has 0 spiro atoms. The molecule has 1 aliphatic carbocycles. The maximum atomic E-state index is 12.6. The normalized spacial score (nSPS) is 12.6. The quantitative estimate of drug-likeness (QED) is 0.441. The molecule has 1 unspecified atom stereocenters. The molecule has 0 saturated heterocycles. The van der Waals surface area contributed by atoms with Crippen LogP contribution in [0.1, 0.15) is 39.4 Å². The number of carbonyl (C=O) groups is 3. The smallest absolute Gasteiger partial charge is 0.411 e. The fourth-order valence-corrected chi connectivity index (χ4v) is 4.32. The van der Waals surface area contributed by atoms with E-state index in [1.807, 2.05) is 36.4 Å². The van der Waals surface area contributed by atoms with Crippen molar-refractivity contribution in [3.63, 3.8) is 0 Å². The number of terminal acetylenes is 1. The number of carboxylic acid groups (broad SMARTS) is 1. The molecule has 7 nitrogen and oxygen atoms in total. The van der Waals surface area contributed by atoms with Gasteiger partial charge < -0.3 is 15.2 Å². The molecule has 176 valence electrons. The van der Waals surface area contributed by atoms with Gasteiger partial charge in [-0.25, -0.2) is 9.59 Å². The molecule has 2 amide bonds. The van der Waals surface area contributed by atoms with Crippen molar-refractivity contribution in [2.75, 3.05) is 11.9 Å². The summed E-state index contributed by atoms with van der Waals surface area (Å²) >= 11 is 0. The maximum Gasteiger partial charge on any atom is 0.411 e. The van der Waals surface area contributed by atoms with Crippen LogP contribution in [0.4, 0.5) is 10.5 Å². The van der Waals surface area contributed by atoms with Crippen molar-refractivity contribution in [3.05, 3.63) is 89.0 Å². The van der Waals surface area contributed by atoms with Gasteiger partial charge in [-0.15, -0.1) is 12.3 Å². The zero-order valence-corrected chi connectivity index (χ0v) is 19.1. The van der Waals surface area contributed by atoms with E-state index < -0.39 is 24.0 Å². The summed E-state index contributed by atoms with van der Waals surface area (Å²) in [5.74, 6) is 0.348. The highest BCUT2D eigenvalue weighted by Gasteiger charge is 2.29. The van der Waals surface area contributed by atoms with Crippen LogP contribution in [0.5, 0.6) is 0 Å². The number of rotatable bonds is 7. The standard InChI is InChI=1S/C28H24N2O5/c1-3-9-25(27(32)33)29-26(31)18-14-8-15-24(17(18)2)30-28(34)35-16-23-21-12-6-4-10-19(21)20-11-5-7-13-22(20)23/h1,4-8,10-15,23,25H,9,16H2,2H3,(H,29,31)(H,30,34)(H,32,33). The Balaban J connectivity index is 1.45. The summed E-state index contributed by atoms with van der Waals surface area (Å²) in [7, 11) is 0. The Labute approximate surface area is 203 Å². The number of nitrogens with one attached hydrogen (secondary N) is 2. The van der Waals surface area contributed by atoms with Gasteiger partial charge in [-0.3, -0.25) is 10.1 Å². The SMILES string of the molecule is C#CCC(NC(=O)c1cccc(NC(=O)OCC2c3ccccc3-c3ccccc32)c1C)C(=O)O. The van der Waals surface area contributed by atoms with Crippen LogP contribution in [0.2, 0.25) is 0 Å². The number of carboxylic acids is 1. The first-order chi connectivity index (χ1) is 16.9. The van der Waals surface area contributed by atoms with E-state index in [-0.39, 0.29) is 24.5 Å². The van der Waals surface area contributed by atoms with E-state index in [4.69, 9.17) is 11.2 Å². The molecule has 3 N–H and O–H groups in total. The second kappa shape index (κ2) is 10.1. The molecule has 0 aliphatic heterocycles. The second-order valence-electron chi connectivity index (χ2n) is 8.20. The summed E-state index contributed by atoms with van der Waals surface area (Å²) in [4.78, 5) is 36.6. The fourth-order valence-electron chi connectivity index (χ4n) is 4.32. The molecule has 0 aromatic heterocycles. The van der Waals surface area contributed by atoms with Crippen LogP contribution in [0.3, 0.4) is 0 Å². The number of anilines is 1. The zero-order valence-electron chi connectivity index (χ0n) is 19.1. The monoisotopic (exact) mass is 468 g/mol. The Morgan fingerprint density at radius 1 is 1.00 bits per heavy atom. The minimum absolute atomic E-state index is 0.0736. The Kier molecular flexibility index (Phi) is 6.83. The average Bonchev–Trinajstić information content (AvgIpc) is 3.17. The van der Waals surface area contributed by atoms with Gasteiger partial charge in [0.05, 0.1) is 0 Å². The Morgan fingerprint density at radius 2 is 1.63 bits per heavy atom. The Bertz CT molecular complexity index is 1300. The van der Waals surface area contributed by atoms with Gasteiger partial charge in [0.15, 0.2) is 0 Å². The molecule has 1 aliphatic rings. The first-order valence-corrected chi connectivity index (χ1v) is 11.1. The number of aliphatic carboxylic acids is 1. The van der Waals surface area contributed by atoms with Crippen molar-refractivity contribution in [1.29, 1.82) is 0 Å². The van der Waals surface area contributed by atoms with Crippen LogP contribution in [0, 0.1) is 19.3 Å². The van der Waals surface area contributed by atoms with Crippen molar-refractivity contribution in [2.45, 2.75) is 25.3 Å². The van der Waals surface area contributed by atoms with Crippen LogP contribution >= 0.6 is 0 Å². The number of ether oxygens (including phenoxy) is 1. The molecule has 4 rings (SSSR count). The van der Waals surface area contributed by atoms with E-state index in [0.29, 0.717) is 11.3 Å². The molecule has 35 heavy (non-hydrogen) atoms. The molecule has 3 aromatic carbocycles. The van der Waals surface area contributed by atoms with E-state index in [9.17, 15) is 19.5 Å². The number of hydrogen-bond acceptors (Lipinski definition) is 4. The fraction of sp³-hybridized carbons (Fsp3) is 0.179. The minimum Gasteiger partial charge on any atom is -0.480 e. The lowest BCUT2D eigenvalue weighted by Crippen LogP contribution is -2.40. The molecule has 7 heteroatoms. The highest BCUT2D eigenvalue weighted by molar-refractivity contribution is 6.00. The van der Waals surface area contributed by atoms with Gasteiger partial charge in [-0.2, -0.15) is 0 Å². The third kappa shape index (κ3) is 4.87. The van der Waals surface area contributed by atoms with Crippen LogP contribution < -0.4 is 10.6 Å². The third-order valence-corrected chi connectivity index (χ3v) is 6.08. The topological polar surface area (TPSA) is 105 Å². The van der Waals surface area contributed by atoms with Crippen LogP contribution in [-0.4, -0.2) is 35.7 Å². The van der Waals surface area contributed by atoms with Gasteiger partial charge in [0, 0.05) is 23.6 Å². The van der Waals surface area contributed by atoms with Gasteiger partial charge in [-0.1, -0.05) is 54.6 Å². The lowest BCUT2D eigenvalue weighted by molar-refractivity contribution is -0.139. The molecular weight excluding hydrogens is 444 g/mol. The van der Waals surface area contributed by atoms with Crippen molar-refractivity contribution in [3.8, 4) is 23.5 Å². The summed E-state index contributed by atoms with van der Waals surface area (Å²) in [6, 6.07) is 19.7. The summed E-state index contributed by atoms with van der Waals surface area (Å²) in [5, 5.41) is 14.3. The predicted molar refractivity (Wildman–Crippen MR) is 132 cm³/mol. The highest BCUT2D eigenvalue weighted by atomic mass is 16.5. The first-order valence-electron chi connectivity index (χ1n) is 11.1. The molecule has 0 heterocycles. The highest BCUT2D eigenvalue weighted by Crippen LogP contribution is 2.44. The van der Waals surface area contributed by atoms with E-state index in [0.717, 1.165) is 22.3 Å². The third-order valence-electron chi connectivity index (χ3n) is 6.08. The van der Waals surface area contributed by atoms with Crippen molar-refractivity contribution < 1.29 is 24.2 Å². The number of carbonyl (C=O) groups excluding carboxylic acids is 2. The van der Waals surface area contributed by atoms with Gasteiger partial charge >= 0.3 is 12.1 Å². The van der Waals surface area contributed by atoms with E-state index in [2.05, 4.69) is 28.7 Å². The lowest BCUT2D eigenvalue weighted by atomic mass is 9.98. The summed E-state index contributed by atoms with van der Waals surface area (Å²) in [6.07, 6.45) is 4.40. The summed E-state index contributed by atoms with van der Waals surface area (Å²) < 4.78 is 5.58. The Hall–Kier alpha value is -4.57. The molecule has 0 fully saturated rings. The maximum absolute atomic E-state index is 12.6. The zero-order chi connectivity index (χ0) is 24.9. The molecule has 0 radical (unpaired) electrons. The van der Waals surface area contributed by atoms with Gasteiger partial charge in [0.1, 0.15) is 12.6 Å². The molecule has 1 atom stereocenters. The van der Waals surface area contributed by atoms with Crippen molar-refractivity contribution >= 4 is 23.7 Å². The average molecular weight is 469 g/mol. The summed E-state index contributed by atoms with van der Waals surface area (Å²) in [6.45, 7) is 1.82. The number of benzene rings is 3. The lowest BCUT2D eigenvalue weighted by Gasteiger charge is -2.17. The van der Waals surface area contributed by atoms with E-state index >= 15 is 0 Å². The van der Waals surface area contributed by atoms with E-state index in [1.165, 1.54) is 0 Å². The van der Waals surface area contributed by atoms with Gasteiger partial charge in [-0.05, 0) is 46.9 Å². The van der Waals surface area contributed by atoms with Crippen LogP contribution in [-0.2, 0) is 9.53 Å². The van der Waals surface area contributed by atoms with Crippen molar-refractivity contribution in [1.82, 2.24) is 5.32 Å². The number of hydrogen-bond donors (Lipinski definition) is 3. The van der Waals surface area contributed by atoms with Crippen molar-refractivity contribution in [2.24, 2.45) is 0 Å². The summed E-state index contributed by atoms with van der Waals surface area (Å²) in [5.41, 5.74) is 5.58.